The summed E-state index contributed by atoms with van der Waals surface area (Å²) in [4.78, 5) is 13.2. The molecule has 1 heterocycles. The molecule has 1 N–H and O–H groups in total. The minimum absolute atomic E-state index is 0.214. The van der Waals surface area contributed by atoms with Crippen molar-refractivity contribution in [3.63, 3.8) is 0 Å². The van der Waals surface area contributed by atoms with Crippen LogP contribution < -0.4 is 14.2 Å². The first-order valence-corrected chi connectivity index (χ1v) is 14.2. The zero-order valence-electron chi connectivity index (χ0n) is 24.5. The molecule has 0 aliphatic carbocycles. The number of esters is 1. The molecule has 13 heteroatoms. The van der Waals surface area contributed by atoms with E-state index in [9.17, 15) is 36.2 Å². The lowest BCUT2D eigenvalue weighted by Crippen LogP contribution is -2.44. The summed E-state index contributed by atoms with van der Waals surface area (Å²) in [6.07, 6.45) is -9.19. The molecule has 7 nitrogen and oxygen atoms in total. The largest absolute Gasteiger partial charge is 0.573 e. The Hall–Kier alpha value is -3.97. The molecule has 0 spiro atoms. The first kappa shape index (κ1) is 33.9. The fourth-order valence-electron chi connectivity index (χ4n) is 5.45. The maximum absolute atomic E-state index is 12.7. The topological polar surface area (TPSA) is 77.5 Å². The van der Waals surface area contributed by atoms with Crippen LogP contribution in [-0.2, 0) is 21.7 Å². The van der Waals surface area contributed by atoms with Crippen molar-refractivity contribution in [1.82, 2.24) is 4.90 Å². The van der Waals surface area contributed by atoms with Crippen LogP contribution in [0.4, 0.5) is 26.3 Å². The molecule has 244 valence electrons. The monoisotopic (exact) mass is 641 g/mol. The minimum Gasteiger partial charge on any atom is -0.490 e. The van der Waals surface area contributed by atoms with Gasteiger partial charge < -0.3 is 24.1 Å². The van der Waals surface area contributed by atoms with Gasteiger partial charge in [-0.1, -0.05) is 36.4 Å². The molecule has 1 fully saturated rings. The zero-order chi connectivity index (χ0) is 32.8. The molecule has 0 radical (unpaired) electrons. The molecule has 4 rings (SSSR count). The van der Waals surface area contributed by atoms with Gasteiger partial charge in [-0.05, 0) is 91.9 Å². The number of alkyl halides is 6. The fourth-order valence-corrected chi connectivity index (χ4v) is 5.45. The molecule has 1 aliphatic heterocycles. The fraction of sp³-hybridized carbons (Fsp3) is 0.406. The van der Waals surface area contributed by atoms with Crippen LogP contribution in [0.1, 0.15) is 43.4 Å². The average Bonchev–Trinajstić information content (AvgIpc) is 2.95. The van der Waals surface area contributed by atoms with E-state index in [1.54, 1.807) is 6.92 Å². The maximum Gasteiger partial charge on any atom is 0.573 e. The molecule has 1 unspecified atom stereocenters. The highest BCUT2D eigenvalue weighted by Gasteiger charge is 2.42. The van der Waals surface area contributed by atoms with Crippen molar-refractivity contribution in [3.05, 3.63) is 89.5 Å². The van der Waals surface area contributed by atoms with Gasteiger partial charge in [-0.25, -0.2) is 0 Å². The van der Waals surface area contributed by atoms with Crippen LogP contribution in [0, 0.1) is 5.92 Å². The van der Waals surface area contributed by atoms with E-state index in [0.717, 1.165) is 29.8 Å². The molecule has 0 saturated carbocycles. The minimum atomic E-state index is -4.89. The second-order valence-corrected chi connectivity index (χ2v) is 10.8. The van der Waals surface area contributed by atoms with Crippen LogP contribution in [-0.4, -0.2) is 54.5 Å². The van der Waals surface area contributed by atoms with E-state index in [4.69, 9.17) is 9.47 Å². The molecule has 0 aromatic heterocycles. The van der Waals surface area contributed by atoms with Gasteiger partial charge in [0, 0.05) is 13.5 Å². The SMILES string of the molecule is CC(=O)OC(C)COc1ccc(CN2CCC(C(O)(c3ccc(OC(F)(F)F)cc3)c3ccc(OC(F)(F)F)cc3)CC2)cc1. The summed E-state index contributed by atoms with van der Waals surface area (Å²) in [5.41, 5.74) is -0.149. The second-order valence-electron chi connectivity index (χ2n) is 10.8. The maximum atomic E-state index is 12.7. The number of aliphatic hydroxyl groups is 1. The van der Waals surface area contributed by atoms with Crippen molar-refractivity contribution >= 4 is 5.97 Å². The number of carbonyl (C=O) groups is 1. The van der Waals surface area contributed by atoms with E-state index in [0.29, 0.717) is 38.2 Å². The Morgan fingerprint density at radius 1 is 0.800 bits per heavy atom. The zero-order valence-corrected chi connectivity index (χ0v) is 24.5. The number of benzene rings is 3. The van der Waals surface area contributed by atoms with E-state index < -0.39 is 35.7 Å². The van der Waals surface area contributed by atoms with Gasteiger partial charge in [-0.3, -0.25) is 9.69 Å². The van der Waals surface area contributed by atoms with Gasteiger partial charge in [-0.2, -0.15) is 0 Å². The summed E-state index contributed by atoms with van der Waals surface area (Å²) in [5, 5.41) is 12.2. The molecule has 45 heavy (non-hydrogen) atoms. The Kier molecular flexibility index (Phi) is 10.5. The van der Waals surface area contributed by atoms with Crippen LogP contribution >= 0.6 is 0 Å². The van der Waals surface area contributed by atoms with Gasteiger partial charge in [0.1, 0.15) is 35.6 Å². The van der Waals surface area contributed by atoms with Crippen LogP contribution in [0.25, 0.3) is 0 Å². The summed E-state index contributed by atoms with van der Waals surface area (Å²) in [5.74, 6) is -1.10. The van der Waals surface area contributed by atoms with Crippen molar-refractivity contribution in [2.75, 3.05) is 19.7 Å². The van der Waals surface area contributed by atoms with Crippen molar-refractivity contribution < 1.29 is 55.2 Å². The van der Waals surface area contributed by atoms with E-state index >= 15 is 0 Å². The molecule has 1 saturated heterocycles. The number of ether oxygens (including phenoxy) is 4. The number of hydrogen-bond acceptors (Lipinski definition) is 7. The highest BCUT2D eigenvalue weighted by Crippen LogP contribution is 2.43. The Labute approximate surface area is 256 Å². The molecule has 1 aliphatic rings. The Bertz CT molecular complexity index is 1330. The van der Waals surface area contributed by atoms with Gasteiger partial charge in [0.15, 0.2) is 0 Å². The van der Waals surface area contributed by atoms with E-state index in [2.05, 4.69) is 14.4 Å². The molecule has 1 atom stereocenters. The number of piperidine rings is 1. The standard InChI is InChI=1S/C32H33F6NO6/c1-21(43-22(2)40)20-42-27-9-3-23(4-10-27)19-39-17-15-26(16-18-39)30(41,24-5-11-28(12-6-24)44-31(33,34)35)25-7-13-29(14-8-25)45-32(36,37)38/h3-14,21,26,41H,15-20H2,1-2H3. The van der Waals surface area contributed by atoms with Crippen molar-refractivity contribution in [3.8, 4) is 17.2 Å². The van der Waals surface area contributed by atoms with Gasteiger partial charge >= 0.3 is 18.7 Å². The van der Waals surface area contributed by atoms with E-state index in [1.807, 2.05) is 24.3 Å². The molecular weight excluding hydrogens is 608 g/mol. The summed E-state index contributed by atoms with van der Waals surface area (Å²) >= 11 is 0. The smallest absolute Gasteiger partial charge is 0.490 e. The number of hydrogen-bond donors (Lipinski definition) is 1. The van der Waals surface area contributed by atoms with Gasteiger partial charge in [0.2, 0.25) is 0 Å². The van der Waals surface area contributed by atoms with Crippen LogP contribution in [0.2, 0.25) is 0 Å². The lowest BCUT2D eigenvalue weighted by Gasteiger charge is -2.42. The van der Waals surface area contributed by atoms with Gasteiger partial charge in [-0.15, -0.1) is 26.3 Å². The molecular formula is C32H33F6NO6. The third kappa shape index (κ3) is 9.76. The summed E-state index contributed by atoms with van der Waals surface area (Å²) in [6.45, 7) is 5.05. The van der Waals surface area contributed by atoms with E-state index in [-0.39, 0.29) is 29.8 Å². The van der Waals surface area contributed by atoms with Crippen LogP contribution in [0.5, 0.6) is 17.2 Å². The van der Waals surface area contributed by atoms with Crippen molar-refractivity contribution in [2.45, 2.75) is 57.7 Å². The third-order valence-electron chi connectivity index (χ3n) is 7.42. The second kappa shape index (κ2) is 14.0. The predicted molar refractivity (Wildman–Crippen MR) is 150 cm³/mol. The Balaban J connectivity index is 1.46. The highest BCUT2D eigenvalue weighted by atomic mass is 19.4. The highest BCUT2D eigenvalue weighted by molar-refractivity contribution is 5.66. The Morgan fingerprint density at radius 2 is 1.24 bits per heavy atom. The quantitative estimate of drug-likeness (QED) is 0.179. The number of likely N-dealkylation sites (tertiary alicyclic amines) is 1. The summed E-state index contributed by atoms with van der Waals surface area (Å²) < 4.78 is 94.9. The normalized spacial score (nSPS) is 15.8. The molecule has 3 aromatic rings. The predicted octanol–water partition coefficient (Wildman–Crippen LogP) is 6.96. The lowest BCUT2D eigenvalue weighted by molar-refractivity contribution is -0.275. The van der Waals surface area contributed by atoms with Gasteiger partial charge in [0.25, 0.3) is 0 Å². The number of rotatable bonds is 11. The number of carbonyl (C=O) groups excluding carboxylic acids is 1. The Morgan fingerprint density at radius 3 is 1.67 bits per heavy atom. The van der Waals surface area contributed by atoms with Crippen molar-refractivity contribution in [1.29, 1.82) is 0 Å². The van der Waals surface area contributed by atoms with Crippen LogP contribution in [0.3, 0.4) is 0 Å². The molecule has 3 aromatic carbocycles. The summed E-state index contributed by atoms with van der Waals surface area (Å²) in [7, 11) is 0. The van der Waals surface area contributed by atoms with E-state index in [1.165, 1.54) is 31.2 Å². The number of halogens is 6. The van der Waals surface area contributed by atoms with Crippen LogP contribution in [0.15, 0.2) is 72.8 Å². The first-order valence-electron chi connectivity index (χ1n) is 14.2. The average molecular weight is 642 g/mol. The van der Waals surface area contributed by atoms with Crippen molar-refractivity contribution in [2.24, 2.45) is 5.92 Å². The first-order chi connectivity index (χ1) is 21.1. The third-order valence-corrected chi connectivity index (χ3v) is 7.42. The lowest BCUT2D eigenvalue weighted by atomic mass is 9.72. The molecule has 0 bridgehead atoms. The molecule has 0 amide bonds. The van der Waals surface area contributed by atoms with Gasteiger partial charge in [0.05, 0.1) is 0 Å². The summed E-state index contributed by atoms with van der Waals surface area (Å²) in [6, 6.07) is 17.1. The number of nitrogens with zero attached hydrogens (tertiary/aromatic N) is 1.